The van der Waals surface area contributed by atoms with Crippen LogP contribution in [0.3, 0.4) is 0 Å². The normalized spacial score (nSPS) is 21.0. The molecule has 0 unspecified atom stereocenters. The lowest BCUT2D eigenvalue weighted by molar-refractivity contribution is -0.120. The summed E-state index contributed by atoms with van der Waals surface area (Å²) in [7, 11) is 0. The fourth-order valence-electron chi connectivity index (χ4n) is 2.64. The molecule has 1 fully saturated rings. The monoisotopic (exact) mass is 322 g/mol. The standard InChI is InChI=1S/C15H18N4O2.ClH/c1-10(20)17-13-7-8-16-9-12(13)15-18-14(19-21-15)11-5-3-2-4-6-11;/h2-6,12-13,16H,7-9H2,1H3,(H,17,20);1H/t12-,13+;/m1./s1. The van der Waals surface area contributed by atoms with Crippen molar-refractivity contribution >= 4 is 18.3 Å². The second kappa shape index (κ2) is 7.38. The Bertz CT molecular complexity index is 617. The molecule has 7 heteroatoms. The number of aromatic nitrogens is 2. The van der Waals surface area contributed by atoms with E-state index in [0.717, 1.165) is 25.1 Å². The summed E-state index contributed by atoms with van der Waals surface area (Å²) in [6, 6.07) is 9.75. The van der Waals surface area contributed by atoms with Crippen LogP contribution in [0.15, 0.2) is 34.9 Å². The minimum atomic E-state index is -0.0327. The van der Waals surface area contributed by atoms with Gasteiger partial charge in [0.15, 0.2) is 0 Å². The highest BCUT2D eigenvalue weighted by molar-refractivity contribution is 5.85. The van der Waals surface area contributed by atoms with Crippen LogP contribution in [0.1, 0.15) is 25.2 Å². The molecule has 0 spiro atoms. The first kappa shape index (κ1) is 16.5. The van der Waals surface area contributed by atoms with Crippen molar-refractivity contribution in [1.82, 2.24) is 20.8 Å². The highest BCUT2D eigenvalue weighted by Gasteiger charge is 2.31. The molecule has 2 atom stereocenters. The van der Waals surface area contributed by atoms with Crippen LogP contribution in [0.4, 0.5) is 0 Å². The highest BCUT2D eigenvalue weighted by atomic mass is 35.5. The Morgan fingerprint density at radius 3 is 2.86 bits per heavy atom. The summed E-state index contributed by atoms with van der Waals surface area (Å²) in [5.74, 6) is 1.12. The van der Waals surface area contributed by atoms with Crippen LogP contribution in [0, 0.1) is 0 Å². The SMILES string of the molecule is CC(=O)N[C@H]1CCNC[C@H]1c1nc(-c2ccccc2)no1.Cl. The topological polar surface area (TPSA) is 80.0 Å². The molecule has 1 aromatic heterocycles. The first-order valence-corrected chi connectivity index (χ1v) is 7.11. The number of nitrogens with one attached hydrogen (secondary N) is 2. The largest absolute Gasteiger partial charge is 0.353 e. The van der Waals surface area contributed by atoms with E-state index in [0.29, 0.717) is 11.7 Å². The lowest BCUT2D eigenvalue weighted by Crippen LogP contribution is -2.47. The molecule has 1 saturated heterocycles. The van der Waals surface area contributed by atoms with E-state index < -0.39 is 0 Å². The zero-order valence-electron chi connectivity index (χ0n) is 12.3. The van der Waals surface area contributed by atoms with Crippen molar-refractivity contribution in [3.63, 3.8) is 0 Å². The van der Waals surface area contributed by atoms with Crippen molar-refractivity contribution in [3.8, 4) is 11.4 Å². The summed E-state index contributed by atoms with van der Waals surface area (Å²) < 4.78 is 5.42. The van der Waals surface area contributed by atoms with Gasteiger partial charge in [0.05, 0.1) is 5.92 Å². The summed E-state index contributed by atoms with van der Waals surface area (Å²) in [5.41, 5.74) is 0.923. The quantitative estimate of drug-likeness (QED) is 0.899. The number of carbonyl (C=O) groups excluding carboxylic acids is 1. The fourth-order valence-corrected chi connectivity index (χ4v) is 2.64. The molecule has 1 aliphatic heterocycles. The van der Waals surface area contributed by atoms with Crippen molar-refractivity contribution in [2.24, 2.45) is 0 Å². The van der Waals surface area contributed by atoms with Gasteiger partial charge in [-0.25, -0.2) is 0 Å². The van der Waals surface area contributed by atoms with Gasteiger partial charge in [-0.2, -0.15) is 4.98 Å². The molecule has 2 aromatic rings. The average Bonchev–Trinajstić information content (AvgIpc) is 2.98. The van der Waals surface area contributed by atoms with E-state index in [1.165, 1.54) is 6.92 Å². The molecule has 3 rings (SSSR count). The number of halogens is 1. The summed E-state index contributed by atoms with van der Waals surface area (Å²) in [4.78, 5) is 15.8. The number of hydrogen-bond acceptors (Lipinski definition) is 5. The van der Waals surface area contributed by atoms with E-state index in [-0.39, 0.29) is 30.3 Å². The van der Waals surface area contributed by atoms with Gasteiger partial charge in [0, 0.05) is 25.1 Å². The molecule has 6 nitrogen and oxygen atoms in total. The first-order valence-electron chi connectivity index (χ1n) is 7.11. The van der Waals surface area contributed by atoms with Crippen LogP contribution >= 0.6 is 12.4 Å². The van der Waals surface area contributed by atoms with E-state index in [2.05, 4.69) is 20.8 Å². The van der Waals surface area contributed by atoms with Crippen LogP contribution in [-0.4, -0.2) is 35.2 Å². The maximum atomic E-state index is 11.3. The Morgan fingerprint density at radius 1 is 1.36 bits per heavy atom. The lowest BCUT2D eigenvalue weighted by Gasteiger charge is -2.29. The lowest BCUT2D eigenvalue weighted by atomic mass is 9.93. The average molecular weight is 323 g/mol. The Morgan fingerprint density at radius 2 is 2.14 bits per heavy atom. The zero-order valence-corrected chi connectivity index (χ0v) is 13.1. The van der Waals surface area contributed by atoms with Crippen LogP contribution in [0.25, 0.3) is 11.4 Å². The van der Waals surface area contributed by atoms with E-state index in [1.54, 1.807) is 0 Å². The number of amides is 1. The van der Waals surface area contributed by atoms with Crippen LogP contribution in [0.5, 0.6) is 0 Å². The van der Waals surface area contributed by atoms with Gasteiger partial charge in [-0.3, -0.25) is 4.79 Å². The number of hydrogen-bond donors (Lipinski definition) is 2. The molecule has 0 saturated carbocycles. The second-order valence-electron chi connectivity index (χ2n) is 5.23. The highest BCUT2D eigenvalue weighted by Crippen LogP contribution is 2.25. The molecule has 1 amide bonds. The molecule has 1 aliphatic rings. The third kappa shape index (κ3) is 3.64. The fraction of sp³-hybridized carbons (Fsp3) is 0.400. The number of rotatable bonds is 3. The molecule has 0 bridgehead atoms. The number of carbonyl (C=O) groups is 1. The van der Waals surface area contributed by atoms with Crippen molar-refractivity contribution in [1.29, 1.82) is 0 Å². The molecule has 0 radical (unpaired) electrons. The van der Waals surface area contributed by atoms with Gasteiger partial charge in [0.2, 0.25) is 17.6 Å². The predicted octanol–water partition coefficient (Wildman–Crippen LogP) is 1.74. The third-order valence-electron chi connectivity index (χ3n) is 3.66. The molecule has 118 valence electrons. The van der Waals surface area contributed by atoms with Crippen molar-refractivity contribution < 1.29 is 9.32 Å². The summed E-state index contributed by atoms with van der Waals surface area (Å²) in [6.07, 6.45) is 0.854. The maximum absolute atomic E-state index is 11.3. The maximum Gasteiger partial charge on any atom is 0.233 e. The predicted molar refractivity (Wildman–Crippen MR) is 84.8 cm³/mol. The van der Waals surface area contributed by atoms with Gasteiger partial charge in [-0.1, -0.05) is 35.5 Å². The van der Waals surface area contributed by atoms with Crippen LogP contribution < -0.4 is 10.6 Å². The van der Waals surface area contributed by atoms with Crippen molar-refractivity contribution in [2.75, 3.05) is 13.1 Å². The Labute approximate surface area is 135 Å². The molecule has 22 heavy (non-hydrogen) atoms. The number of nitrogens with zero attached hydrogens (tertiary/aromatic N) is 2. The molecule has 1 aromatic carbocycles. The summed E-state index contributed by atoms with van der Waals surface area (Å²) in [6.45, 7) is 3.13. The van der Waals surface area contributed by atoms with Gasteiger partial charge in [-0.05, 0) is 13.0 Å². The molecule has 2 heterocycles. The van der Waals surface area contributed by atoms with Crippen LogP contribution in [0.2, 0.25) is 0 Å². The minimum Gasteiger partial charge on any atom is -0.353 e. The molecule has 2 N–H and O–H groups in total. The van der Waals surface area contributed by atoms with Gasteiger partial charge in [0.25, 0.3) is 0 Å². The minimum absolute atomic E-state index is 0. The van der Waals surface area contributed by atoms with Crippen molar-refractivity contribution in [2.45, 2.75) is 25.3 Å². The van der Waals surface area contributed by atoms with E-state index in [1.807, 2.05) is 30.3 Å². The molecule has 0 aliphatic carbocycles. The second-order valence-corrected chi connectivity index (χ2v) is 5.23. The van der Waals surface area contributed by atoms with Crippen LogP contribution in [-0.2, 0) is 4.79 Å². The Hall–Kier alpha value is -1.92. The van der Waals surface area contributed by atoms with E-state index in [4.69, 9.17) is 4.52 Å². The van der Waals surface area contributed by atoms with E-state index in [9.17, 15) is 4.79 Å². The molecular weight excluding hydrogens is 304 g/mol. The Kier molecular flexibility index (Phi) is 5.51. The smallest absolute Gasteiger partial charge is 0.233 e. The van der Waals surface area contributed by atoms with E-state index >= 15 is 0 Å². The zero-order chi connectivity index (χ0) is 14.7. The number of piperidine rings is 1. The van der Waals surface area contributed by atoms with Gasteiger partial charge in [0.1, 0.15) is 0 Å². The summed E-state index contributed by atoms with van der Waals surface area (Å²) >= 11 is 0. The molecular formula is C15H19ClN4O2. The van der Waals surface area contributed by atoms with Gasteiger partial charge >= 0.3 is 0 Å². The van der Waals surface area contributed by atoms with Crippen molar-refractivity contribution in [3.05, 3.63) is 36.2 Å². The van der Waals surface area contributed by atoms with Gasteiger partial charge in [-0.15, -0.1) is 12.4 Å². The number of benzene rings is 1. The summed E-state index contributed by atoms with van der Waals surface area (Å²) in [5, 5.41) is 10.3. The first-order chi connectivity index (χ1) is 10.2. The third-order valence-corrected chi connectivity index (χ3v) is 3.66. The van der Waals surface area contributed by atoms with Gasteiger partial charge < -0.3 is 15.2 Å². The Balaban J connectivity index is 0.00000176.